The number of allylic oxidation sites excluding steroid dienone is 1. The minimum absolute atomic E-state index is 0.0311. The summed E-state index contributed by atoms with van der Waals surface area (Å²) in [6.07, 6.45) is 6.71. The molecule has 0 bridgehead atoms. The third-order valence-corrected chi connectivity index (χ3v) is 9.31. The van der Waals surface area contributed by atoms with Crippen molar-refractivity contribution in [3.63, 3.8) is 0 Å². The molecule has 0 saturated carbocycles. The topological polar surface area (TPSA) is 205 Å². The maximum absolute atomic E-state index is 13.1. The monoisotopic (exact) mass is 581 g/mol. The van der Waals surface area contributed by atoms with Gasteiger partial charge in [0.05, 0.1) is 4.75 Å². The summed E-state index contributed by atoms with van der Waals surface area (Å²) in [7, 11) is 0. The number of aliphatic hydroxyl groups is 1. The number of rotatable bonds is 16. The maximum Gasteiger partial charge on any atom is 0.322 e. The summed E-state index contributed by atoms with van der Waals surface area (Å²) in [5, 5.41) is 32.2. The van der Waals surface area contributed by atoms with Crippen LogP contribution in [0.3, 0.4) is 0 Å². The van der Waals surface area contributed by atoms with Crippen LogP contribution in [0.2, 0.25) is 0 Å². The number of hydrogen-bond donors (Lipinski definition) is 6. The van der Waals surface area contributed by atoms with Crippen molar-refractivity contribution in [1.82, 2.24) is 10.6 Å². The Kier molecular flexibility index (Phi) is 11.2. The van der Waals surface area contributed by atoms with Gasteiger partial charge < -0.3 is 36.4 Å². The van der Waals surface area contributed by atoms with E-state index in [1.54, 1.807) is 0 Å². The van der Waals surface area contributed by atoms with Gasteiger partial charge in [0, 0.05) is 18.8 Å². The van der Waals surface area contributed by atoms with E-state index in [1.807, 2.05) is 6.92 Å². The van der Waals surface area contributed by atoms with Crippen molar-refractivity contribution < 1.29 is 44.0 Å². The maximum atomic E-state index is 13.1. The van der Waals surface area contributed by atoms with Gasteiger partial charge in [0.15, 0.2) is 0 Å². The molecule has 5 atom stereocenters. The van der Waals surface area contributed by atoms with Crippen molar-refractivity contribution in [1.29, 1.82) is 0 Å². The first-order chi connectivity index (χ1) is 19.0. The fraction of sp³-hybridized carbons (Fsp3) is 0.667. The summed E-state index contributed by atoms with van der Waals surface area (Å²) in [6.45, 7) is 1.42. The highest BCUT2D eigenvalue weighted by atomic mass is 32.2. The highest BCUT2D eigenvalue weighted by Gasteiger charge is 2.53. The Morgan fingerprint density at radius 2 is 2.02 bits per heavy atom. The summed E-state index contributed by atoms with van der Waals surface area (Å²) in [5.41, 5.74) is 7.45. The normalized spacial score (nSPS) is 24.9. The van der Waals surface area contributed by atoms with E-state index in [1.165, 1.54) is 11.8 Å². The number of thioether (sulfide) groups is 1. The highest BCUT2D eigenvalue weighted by molar-refractivity contribution is 8.00. The molecular formula is C27H39N3O9S. The molecule has 0 spiro atoms. The van der Waals surface area contributed by atoms with Gasteiger partial charge in [-0.05, 0) is 56.4 Å². The number of ether oxygens (including phenoxy) is 1. The lowest BCUT2D eigenvalue weighted by Gasteiger charge is -2.41. The van der Waals surface area contributed by atoms with Gasteiger partial charge >= 0.3 is 17.9 Å². The van der Waals surface area contributed by atoms with Crippen LogP contribution >= 0.6 is 11.8 Å². The number of aliphatic carboxylic acids is 2. The van der Waals surface area contributed by atoms with Gasteiger partial charge in [-0.25, -0.2) is 0 Å². The molecule has 0 aromatic heterocycles. The number of hydrogen-bond acceptors (Lipinski definition) is 9. The van der Waals surface area contributed by atoms with Crippen LogP contribution in [0.25, 0.3) is 0 Å². The molecule has 2 amide bonds. The molecule has 222 valence electrons. The molecule has 0 saturated heterocycles. The number of nitrogens with two attached hydrogens (primary N) is 1. The number of esters is 1. The van der Waals surface area contributed by atoms with E-state index < -0.39 is 53.0 Å². The number of amides is 2. The first kappa shape index (κ1) is 31.6. The SMILES string of the molecule is CCCC1(SCC(NC(=O)CCC(N)C(=O)O)C(=O)NCC(=O)O)CCC2CC=C(CCCO)C3C(=O)OC1=C23. The Labute approximate surface area is 237 Å². The van der Waals surface area contributed by atoms with E-state index in [2.05, 4.69) is 16.7 Å². The summed E-state index contributed by atoms with van der Waals surface area (Å²) < 4.78 is 5.37. The lowest BCUT2D eigenvalue weighted by Crippen LogP contribution is -2.50. The zero-order valence-corrected chi connectivity index (χ0v) is 23.5. The van der Waals surface area contributed by atoms with Gasteiger partial charge in [-0.2, -0.15) is 0 Å². The van der Waals surface area contributed by atoms with Gasteiger partial charge in [0.1, 0.15) is 30.3 Å². The van der Waals surface area contributed by atoms with E-state index in [9.17, 15) is 29.1 Å². The number of carbonyl (C=O) groups excluding carboxylic acids is 3. The number of carbonyl (C=O) groups is 5. The molecular weight excluding hydrogens is 542 g/mol. The summed E-state index contributed by atoms with van der Waals surface area (Å²) >= 11 is 1.41. The number of aliphatic hydroxyl groups excluding tert-OH is 1. The Balaban J connectivity index is 1.83. The zero-order valence-electron chi connectivity index (χ0n) is 22.6. The Bertz CT molecular complexity index is 1080. The van der Waals surface area contributed by atoms with E-state index >= 15 is 0 Å². The minimum Gasteiger partial charge on any atom is -0.480 e. The zero-order chi connectivity index (χ0) is 29.4. The molecule has 0 aromatic carbocycles. The van der Waals surface area contributed by atoms with Crippen LogP contribution in [0.5, 0.6) is 0 Å². The Hall–Kier alpha value is -2.90. The first-order valence-corrected chi connectivity index (χ1v) is 14.7. The van der Waals surface area contributed by atoms with Crippen molar-refractivity contribution in [3.05, 3.63) is 23.0 Å². The molecule has 0 fully saturated rings. The quantitative estimate of drug-likeness (QED) is 0.112. The molecule has 1 aliphatic heterocycles. The number of nitrogens with one attached hydrogen (secondary N) is 2. The average Bonchev–Trinajstić information content (AvgIpc) is 3.28. The third kappa shape index (κ3) is 7.43. The summed E-state index contributed by atoms with van der Waals surface area (Å²) in [5.74, 6) is -3.61. The average molecular weight is 582 g/mol. The summed E-state index contributed by atoms with van der Waals surface area (Å²) in [4.78, 5) is 60.6. The molecule has 13 heteroatoms. The highest BCUT2D eigenvalue weighted by Crippen LogP contribution is 2.57. The second-order valence-electron chi connectivity index (χ2n) is 10.5. The van der Waals surface area contributed by atoms with Crippen LogP contribution < -0.4 is 16.4 Å². The Morgan fingerprint density at radius 1 is 1.27 bits per heavy atom. The van der Waals surface area contributed by atoms with Crippen molar-refractivity contribution in [2.45, 2.75) is 81.5 Å². The molecule has 2 aliphatic carbocycles. The molecule has 0 radical (unpaired) electrons. The molecule has 0 aromatic rings. The fourth-order valence-corrected chi connectivity index (χ4v) is 7.33. The van der Waals surface area contributed by atoms with Crippen molar-refractivity contribution in [3.8, 4) is 0 Å². The molecule has 7 N–H and O–H groups in total. The van der Waals surface area contributed by atoms with E-state index in [0.29, 0.717) is 31.4 Å². The number of carboxylic acid groups (broad SMARTS) is 2. The second-order valence-corrected chi connectivity index (χ2v) is 11.9. The van der Waals surface area contributed by atoms with Crippen LogP contribution in [-0.2, 0) is 28.7 Å². The summed E-state index contributed by atoms with van der Waals surface area (Å²) in [6, 6.07) is -2.33. The molecule has 1 heterocycles. The molecule has 3 aliphatic rings. The van der Waals surface area contributed by atoms with Gasteiger partial charge in [-0.1, -0.05) is 25.0 Å². The second kappa shape index (κ2) is 14.1. The lowest BCUT2D eigenvalue weighted by atomic mass is 9.68. The van der Waals surface area contributed by atoms with Crippen LogP contribution in [0.15, 0.2) is 23.0 Å². The number of carboxylic acids is 2. The van der Waals surface area contributed by atoms with Crippen LogP contribution in [0.4, 0.5) is 0 Å². The minimum atomic E-state index is -1.24. The predicted molar refractivity (Wildman–Crippen MR) is 146 cm³/mol. The van der Waals surface area contributed by atoms with Gasteiger partial charge in [-0.3, -0.25) is 24.0 Å². The fourth-order valence-electron chi connectivity index (χ4n) is 5.71. The molecule has 3 rings (SSSR count). The third-order valence-electron chi connectivity index (χ3n) is 7.67. The predicted octanol–water partition coefficient (Wildman–Crippen LogP) is 1.08. The van der Waals surface area contributed by atoms with E-state index in [0.717, 1.165) is 30.4 Å². The molecule has 12 nitrogen and oxygen atoms in total. The van der Waals surface area contributed by atoms with Crippen molar-refractivity contribution in [2.24, 2.45) is 17.6 Å². The van der Waals surface area contributed by atoms with Crippen LogP contribution in [-0.4, -0.2) is 80.8 Å². The van der Waals surface area contributed by atoms with Crippen LogP contribution in [0, 0.1) is 11.8 Å². The van der Waals surface area contributed by atoms with Crippen molar-refractivity contribution in [2.75, 3.05) is 18.9 Å². The van der Waals surface area contributed by atoms with Crippen molar-refractivity contribution >= 4 is 41.5 Å². The largest absolute Gasteiger partial charge is 0.480 e. The Morgan fingerprint density at radius 3 is 2.67 bits per heavy atom. The van der Waals surface area contributed by atoms with Gasteiger partial charge in [-0.15, -0.1) is 11.8 Å². The van der Waals surface area contributed by atoms with Crippen LogP contribution in [0.1, 0.15) is 64.7 Å². The molecule has 40 heavy (non-hydrogen) atoms. The van der Waals surface area contributed by atoms with E-state index in [4.69, 9.17) is 20.7 Å². The first-order valence-electron chi connectivity index (χ1n) is 13.7. The molecule has 5 unspecified atom stereocenters. The smallest absolute Gasteiger partial charge is 0.322 e. The standard InChI is InChI=1S/C27H39N3O9S/c1-2-10-27(11-9-16-6-5-15(4-3-12-31)22-21(16)23(27)39-26(22)38)40-14-18(24(35)29-13-20(33)34)30-19(32)8-7-17(28)25(36)37/h5,16-18,22,31H,2-4,6-14,28H2,1H3,(H,29,35)(H,30,32)(H,33,34)(H,36,37). The van der Waals surface area contributed by atoms with E-state index in [-0.39, 0.29) is 37.1 Å². The lowest BCUT2D eigenvalue weighted by molar-refractivity contribution is -0.140. The van der Waals surface area contributed by atoms with Gasteiger partial charge in [0.2, 0.25) is 11.8 Å². The van der Waals surface area contributed by atoms with Gasteiger partial charge in [0.25, 0.3) is 0 Å².